The molecule has 1 aromatic heterocycles. The van der Waals surface area contributed by atoms with Gasteiger partial charge in [0.15, 0.2) is 23.0 Å². The molecule has 0 atom stereocenters. The predicted octanol–water partition coefficient (Wildman–Crippen LogP) is 4.84. The number of oxazole rings is 1. The molecule has 1 fully saturated rings. The number of hydrogen-bond donors (Lipinski definition) is 0. The minimum atomic E-state index is -0.0467. The highest BCUT2D eigenvalue weighted by molar-refractivity contribution is 5.97. The molecule has 166 valence electrons. The summed E-state index contributed by atoms with van der Waals surface area (Å²) in [4.78, 5) is 19.7. The van der Waals surface area contributed by atoms with E-state index in [-0.39, 0.29) is 11.9 Å². The molecule has 0 bridgehead atoms. The Hall–Kier alpha value is -3.46. The smallest absolute Gasteiger partial charge is 0.255 e. The maximum absolute atomic E-state index is 13.2. The van der Waals surface area contributed by atoms with E-state index >= 15 is 0 Å². The van der Waals surface area contributed by atoms with Crippen molar-refractivity contribution < 1.29 is 18.7 Å². The Bertz CT molecular complexity index is 1140. The van der Waals surface area contributed by atoms with Crippen molar-refractivity contribution in [2.24, 2.45) is 0 Å². The Morgan fingerprint density at radius 3 is 2.62 bits per heavy atom. The number of ether oxygens (including phenoxy) is 2. The van der Waals surface area contributed by atoms with Crippen molar-refractivity contribution >= 4 is 17.0 Å². The normalized spacial score (nSPS) is 14.2. The van der Waals surface area contributed by atoms with E-state index < -0.39 is 0 Å². The number of aromatic nitrogens is 1. The first-order valence-electron chi connectivity index (χ1n) is 11.0. The van der Waals surface area contributed by atoms with Crippen LogP contribution in [0.3, 0.4) is 0 Å². The van der Waals surface area contributed by atoms with Crippen LogP contribution in [-0.2, 0) is 6.42 Å². The lowest BCUT2D eigenvalue weighted by molar-refractivity contribution is 0.0667. The Morgan fingerprint density at radius 1 is 1.12 bits per heavy atom. The van der Waals surface area contributed by atoms with Crippen molar-refractivity contribution in [2.75, 3.05) is 20.8 Å². The van der Waals surface area contributed by atoms with Gasteiger partial charge in [-0.1, -0.05) is 31.2 Å². The molecule has 3 aromatic rings. The summed E-state index contributed by atoms with van der Waals surface area (Å²) < 4.78 is 16.7. The van der Waals surface area contributed by atoms with E-state index in [4.69, 9.17) is 20.3 Å². The van der Waals surface area contributed by atoms with Crippen LogP contribution in [0.4, 0.5) is 0 Å². The number of carbonyl (C=O) groups excluding carboxylic acids is 1. The van der Waals surface area contributed by atoms with Gasteiger partial charge < -0.3 is 18.8 Å². The molecule has 0 saturated heterocycles. The van der Waals surface area contributed by atoms with Gasteiger partial charge in [-0.3, -0.25) is 4.79 Å². The first-order chi connectivity index (χ1) is 15.6. The Balaban J connectivity index is 1.56. The van der Waals surface area contributed by atoms with Crippen LogP contribution < -0.4 is 9.47 Å². The summed E-state index contributed by atoms with van der Waals surface area (Å²) in [7, 11) is 3.21. The second-order valence-electron chi connectivity index (χ2n) is 8.09. The molecule has 0 aliphatic heterocycles. The molecule has 1 amide bonds. The van der Waals surface area contributed by atoms with E-state index in [1.807, 2.05) is 29.2 Å². The maximum Gasteiger partial charge on any atom is 0.255 e. The molecule has 0 N–H and O–H groups in total. The molecule has 4 rings (SSSR count). The number of carbonyl (C=O) groups is 1. The molecule has 0 unspecified atom stereocenters. The zero-order chi connectivity index (χ0) is 22.5. The average Bonchev–Trinajstić information content (AvgIpc) is 3.24. The van der Waals surface area contributed by atoms with E-state index in [1.54, 1.807) is 26.4 Å². The van der Waals surface area contributed by atoms with E-state index in [2.05, 4.69) is 10.9 Å². The molecule has 0 radical (unpaired) electrons. The summed E-state index contributed by atoms with van der Waals surface area (Å²) >= 11 is 0. The average molecular weight is 433 g/mol. The minimum Gasteiger partial charge on any atom is -0.493 e. The van der Waals surface area contributed by atoms with Crippen LogP contribution in [0.25, 0.3) is 11.1 Å². The SMILES string of the molecule is C#CCN(C(=O)c1ccc2nc(Cc3ccc(OC)c(OC)c3)oc2c1)C1CCCCC1. The molecule has 6 nitrogen and oxygen atoms in total. The van der Waals surface area contributed by atoms with Crippen LogP contribution in [0.2, 0.25) is 0 Å². The summed E-state index contributed by atoms with van der Waals surface area (Å²) in [5, 5.41) is 0. The number of amides is 1. The third-order valence-corrected chi connectivity index (χ3v) is 6.02. The van der Waals surface area contributed by atoms with Gasteiger partial charge in [0.1, 0.15) is 5.52 Å². The van der Waals surface area contributed by atoms with Gasteiger partial charge in [-0.2, -0.15) is 0 Å². The Morgan fingerprint density at radius 2 is 1.91 bits per heavy atom. The highest BCUT2D eigenvalue weighted by Crippen LogP contribution is 2.29. The van der Waals surface area contributed by atoms with Crippen LogP contribution in [0.5, 0.6) is 11.5 Å². The van der Waals surface area contributed by atoms with E-state index in [1.165, 1.54) is 6.42 Å². The lowest BCUT2D eigenvalue weighted by Crippen LogP contribution is -2.41. The van der Waals surface area contributed by atoms with E-state index in [9.17, 15) is 4.79 Å². The Kier molecular flexibility index (Phi) is 6.65. The predicted molar refractivity (Wildman–Crippen MR) is 123 cm³/mol. The fourth-order valence-corrected chi connectivity index (χ4v) is 4.37. The number of fused-ring (bicyclic) bond motifs is 1. The van der Waals surface area contributed by atoms with Crippen LogP contribution in [0, 0.1) is 12.3 Å². The minimum absolute atomic E-state index is 0.0467. The van der Waals surface area contributed by atoms with Gasteiger partial charge in [-0.05, 0) is 48.7 Å². The first-order valence-corrected chi connectivity index (χ1v) is 11.0. The summed E-state index contributed by atoms with van der Waals surface area (Å²) in [6, 6.07) is 11.3. The summed E-state index contributed by atoms with van der Waals surface area (Å²) in [5.74, 6) is 4.51. The third kappa shape index (κ3) is 4.57. The van der Waals surface area contributed by atoms with Crippen LogP contribution in [-0.4, -0.2) is 42.6 Å². The molecule has 1 aliphatic rings. The molecular weight excluding hydrogens is 404 g/mol. The van der Waals surface area contributed by atoms with Gasteiger partial charge in [-0.15, -0.1) is 6.42 Å². The van der Waals surface area contributed by atoms with Crippen molar-refractivity contribution in [3.05, 3.63) is 53.4 Å². The number of benzene rings is 2. The maximum atomic E-state index is 13.2. The van der Waals surface area contributed by atoms with Crippen LogP contribution in [0.1, 0.15) is 53.9 Å². The number of methoxy groups -OCH3 is 2. The molecule has 1 aliphatic carbocycles. The number of rotatable bonds is 7. The monoisotopic (exact) mass is 432 g/mol. The van der Waals surface area contributed by atoms with Crippen molar-refractivity contribution in [3.63, 3.8) is 0 Å². The van der Waals surface area contributed by atoms with Crippen LogP contribution >= 0.6 is 0 Å². The Labute approximate surface area is 188 Å². The van der Waals surface area contributed by atoms with Crippen molar-refractivity contribution in [1.29, 1.82) is 0 Å². The molecule has 6 heteroatoms. The molecule has 1 heterocycles. The van der Waals surface area contributed by atoms with Gasteiger partial charge >= 0.3 is 0 Å². The fourth-order valence-electron chi connectivity index (χ4n) is 4.37. The van der Waals surface area contributed by atoms with E-state index in [0.29, 0.717) is 41.5 Å². The summed E-state index contributed by atoms with van der Waals surface area (Å²) in [6.45, 7) is 0.322. The fraction of sp³-hybridized carbons (Fsp3) is 0.385. The lowest BCUT2D eigenvalue weighted by Gasteiger charge is -2.33. The highest BCUT2D eigenvalue weighted by atomic mass is 16.5. The summed E-state index contributed by atoms with van der Waals surface area (Å²) in [6.07, 6.45) is 11.6. The molecular formula is C26H28N2O4. The third-order valence-electron chi connectivity index (χ3n) is 6.02. The number of nitrogens with zero attached hydrogens (tertiary/aromatic N) is 2. The van der Waals surface area contributed by atoms with E-state index in [0.717, 1.165) is 36.8 Å². The second kappa shape index (κ2) is 9.78. The quantitative estimate of drug-likeness (QED) is 0.500. The highest BCUT2D eigenvalue weighted by Gasteiger charge is 2.26. The molecule has 1 saturated carbocycles. The van der Waals surface area contributed by atoms with Crippen molar-refractivity contribution in [3.8, 4) is 23.8 Å². The topological polar surface area (TPSA) is 64.8 Å². The zero-order valence-corrected chi connectivity index (χ0v) is 18.6. The first kappa shape index (κ1) is 21.8. The van der Waals surface area contributed by atoms with Gasteiger partial charge in [0, 0.05) is 18.0 Å². The molecule has 32 heavy (non-hydrogen) atoms. The summed E-state index contributed by atoms with van der Waals surface area (Å²) in [5.41, 5.74) is 2.88. The lowest BCUT2D eigenvalue weighted by atomic mass is 9.93. The number of terminal acetylenes is 1. The van der Waals surface area contributed by atoms with Crippen LogP contribution in [0.15, 0.2) is 40.8 Å². The molecule has 0 spiro atoms. The van der Waals surface area contributed by atoms with Gasteiger partial charge in [-0.25, -0.2) is 4.98 Å². The largest absolute Gasteiger partial charge is 0.493 e. The van der Waals surface area contributed by atoms with Crippen molar-refractivity contribution in [1.82, 2.24) is 9.88 Å². The van der Waals surface area contributed by atoms with Crippen molar-refractivity contribution in [2.45, 2.75) is 44.6 Å². The van der Waals surface area contributed by atoms with Gasteiger partial charge in [0.05, 0.1) is 20.8 Å². The zero-order valence-electron chi connectivity index (χ0n) is 18.6. The van der Waals surface area contributed by atoms with Gasteiger partial charge in [0.2, 0.25) is 0 Å². The van der Waals surface area contributed by atoms with Gasteiger partial charge in [0.25, 0.3) is 5.91 Å². The number of hydrogen-bond acceptors (Lipinski definition) is 5. The standard InChI is InChI=1S/C26H28N2O4/c1-4-14-28(20-8-6-5-7-9-20)26(29)19-11-12-21-23(17-19)32-25(27-21)16-18-10-13-22(30-2)24(15-18)31-3/h1,10-13,15,17,20H,5-9,14,16H2,2-3H3. The molecule has 2 aromatic carbocycles. The second-order valence-corrected chi connectivity index (χ2v) is 8.09.